The minimum Gasteiger partial charge on any atom is -0.507 e. The third-order valence-corrected chi connectivity index (χ3v) is 7.53. The number of hydrogen-bond donors (Lipinski definition) is 1. The molecule has 0 unspecified atom stereocenters. The van der Waals surface area contributed by atoms with E-state index >= 15 is 0 Å². The molecule has 0 radical (unpaired) electrons. The molecule has 1 fully saturated rings. The van der Waals surface area contributed by atoms with Gasteiger partial charge in [0, 0.05) is 4.88 Å². The summed E-state index contributed by atoms with van der Waals surface area (Å²) in [6, 6.07) is 3.84. The van der Waals surface area contributed by atoms with Gasteiger partial charge in [-0.15, -0.1) is 11.3 Å². The van der Waals surface area contributed by atoms with Crippen molar-refractivity contribution < 1.29 is 9.90 Å². The highest BCUT2D eigenvalue weighted by Crippen LogP contribution is 2.56. The van der Waals surface area contributed by atoms with Crippen molar-refractivity contribution in [1.82, 2.24) is 0 Å². The van der Waals surface area contributed by atoms with Gasteiger partial charge in [0.2, 0.25) is 0 Å². The number of allylic oxidation sites excluding steroid dienone is 1. The molecule has 2 aromatic rings. The fourth-order valence-electron chi connectivity index (χ4n) is 4.30. The predicted molar refractivity (Wildman–Crippen MR) is 108 cm³/mol. The number of aryl methyl sites for hydroxylation is 3. The zero-order valence-electron chi connectivity index (χ0n) is 15.8. The van der Waals surface area contributed by atoms with Crippen molar-refractivity contribution in [1.29, 1.82) is 0 Å². The van der Waals surface area contributed by atoms with Gasteiger partial charge in [-0.2, -0.15) is 0 Å². The number of carbonyl (C=O) groups is 1. The highest BCUT2D eigenvalue weighted by atomic mass is 32.1. The van der Waals surface area contributed by atoms with E-state index in [1.54, 1.807) is 17.4 Å². The maximum atomic E-state index is 12.9. The zero-order valence-corrected chi connectivity index (χ0v) is 16.6. The number of ketones is 1. The molecule has 136 valence electrons. The van der Waals surface area contributed by atoms with Crippen LogP contribution in [0.1, 0.15) is 68.6 Å². The van der Waals surface area contributed by atoms with Crippen molar-refractivity contribution >= 4 is 23.2 Å². The van der Waals surface area contributed by atoms with Crippen molar-refractivity contribution in [2.45, 2.75) is 59.3 Å². The molecule has 1 spiro atoms. The molecule has 1 heterocycles. The van der Waals surface area contributed by atoms with E-state index < -0.39 is 0 Å². The lowest BCUT2D eigenvalue weighted by molar-refractivity contribution is 0.105. The van der Waals surface area contributed by atoms with E-state index in [1.807, 2.05) is 32.1 Å². The van der Waals surface area contributed by atoms with Crippen LogP contribution in [0.5, 0.6) is 5.75 Å². The van der Waals surface area contributed by atoms with Crippen LogP contribution in [0.3, 0.4) is 0 Å². The molecule has 4 rings (SSSR count). The van der Waals surface area contributed by atoms with Gasteiger partial charge in [-0.05, 0) is 104 Å². The molecule has 0 bridgehead atoms. The number of benzene rings is 1. The minimum atomic E-state index is 0.126. The van der Waals surface area contributed by atoms with Crippen molar-refractivity contribution in [3.05, 3.63) is 55.8 Å². The van der Waals surface area contributed by atoms with Crippen molar-refractivity contribution in [2.24, 2.45) is 5.41 Å². The van der Waals surface area contributed by atoms with Gasteiger partial charge in [0.15, 0.2) is 5.78 Å². The Morgan fingerprint density at radius 3 is 2.50 bits per heavy atom. The van der Waals surface area contributed by atoms with Gasteiger partial charge >= 0.3 is 0 Å². The van der Waals surface area contributed by atoms with Crippen LogP contribution in [-0.4, -0.2) is 10.9 Å². The molecule has 1 N–H and O–H groups in total. The zero-order chi connectivity index (χ0) is 18.5. The first kappa shape index (κ1) is 17.5. The summed E-state index contributed by atoms with van der Waals surface area (Å²) in [6.07, 6.45) is 10.9. The molecule has 0 atom stereocenters. The topological polar surface area (TPSA) is 37.3 Å². The average molecular weight is 367 g/mol. The second-order valence-corrected chi connectivity index (χ2v) is 9.15. The normalized spacial score (nSPS) is 17.7. The van der Waals surface area contributed by atoms with Gasteiger partial charge in [0.05, 0.1) is 4.88 Å². The number of fused-ring (bicyclic) bond motifs is 1. The number of carbonyl (C=O) groups excluding carboxylic acids is 1. The summed E-state index contributed by atoms with van der Waals surface area (Å²) in [4.78, 5) is 15.3. The summed E-state index contributed by atoms with van der Waals surface area (Å²) in [5.41, 5.74) is 6.05. The lowest BCUT2D eigenvalue weighted by atomic mass is 9.81. The Kier molecular flexibility index (Phi) is 4.31. The van der Waals surface area contributed by atoms with Gasteiger partial charge in [0.25, 0.3) is 0 Å². The van der Waals surface area contributed by atoms with Gasteiger partial charge < -0.3 is 5.11 Å². The Morgan fingerprint density at radius 2 is 1.88 bits per heavy atom. The third-order valence-electron chi connectivity index (χ3n) is 6.10. The molecule has 1 saturated carbocycles. The van der Waals surface area contributed by atoms with Crippen LogP contribution in [0.25, 0.3) is 6.08 Å². The van der Waals surface area contributed by atoms with E-state index in [0.717, 1.165) is 34.4 Å². The van der Waals surface area contributed by atoms with Gasteiger partial charge in [0.1, 0.15) is 5.75 Å². The molecular formula is C23H26O2S. The fraction of sp³-hybridized carbons (Fsp3) is 0.435. The second kappa shape index (κ2) is 6.38. The Labute approximate surface area is 159 Å². The summed E-state index contributed by atoms with van der Waals surface area (Å²) < 4.78 is 0. The van der Waals surface area contributed by atoms with Gasteiger partial charge in [-0.25, -0.2) is 0 Å². The van der Waals surface area contributed by atoms with Crippen LogP contribution < -0.4 is 0 Å². The number of phenols is 1. The van der Waals surface area contributed by atoms with E-state index in [4.69, 9.17) is 0 Å². The summed E-state index contributed by atoms with van der Waals surface area (Å²) >= 11 is 1.72. The summed E-state index contributed by atoms with van der Waals surface area (Å²) in [5.74, 6) is 0.462. The van der Waals surface area contributed by atoms with Crippen LogP contribution >= 0.6 is 11.3 Å². The highest BCUT2D eigenvalue weighted by Gasteiger charge is 2.46. The molecule has 26 heavy (non-hydrogen) atoms. The van der Waals surface area contributed by atoms with Crippen LogP contribution in [0.4, 0.5) is 0 Å². The van der Waals surface area contributed by atoms with Crippen molar-refractivity contribution in [2.75, 3.05) is 0 Å². The lowest BCUT2D eigenvalue weighted by Crippen LogP contribution is -2.16. The maximum Gasteiger partial charge on any atom is 0.196 e. The standard InChI is InChI=1S/C23H26O2S/c1-4-20-18-13-23(9-10-23)8-7-17(18)22(26-20)19(24)6-5-16-11-14(2)21(25)15(3)12-16/h5-6,11-12,25H,4,7-10,13H2,1-3H3/b6-5+. The monoisotopic (exact) mass is 366 g/mol. The molecule has 0 amide bonds. The molecule has 2 nitrogen and oxygen atoms in total. The predicted octanol–water partition coefficient (Wildman–Crippen LogP) is 5.80. The molecule has 2 aliphatic carbocycles. The number of hydrogen-bond acceptors (Lipinski definition) is 3. The van der Waals surface area contributed by atoms with E-state index in [2.05, 4.69) is 6.92 Å². The maximum absolute atomic E-state index is 12.9. The first-order chi connectivity index (χ1) is 12.4. The molecule has 1 aromatic carbocycles. The largest absolute Gasteiger partial charge is 0.507 e. The Hall–Kier alpha value is -1.87. The minimum absolute atomic E-state index is 0.126. The average Bonchev–Trinajstić information content (AvgIpc) is 3.27. The van der Waals surface area contributed by atoms with E-state index in [9.17, 15) is 9.90 Å². The molecule has 0 saturated heterocycles. The summed E-state index contributed by atoms with van der Waals surface area (Å²) in [5, 5.41) is 9.91. The van der Waals surface area contributed by atoms with Gasteiger partial charge in [-0.1, -0.05) is 13.0 Å². The molecular weight excluding hydrogens is 340 g/mol. The molecule has 3 heteroatoms. The number of aromatic hydroxyl groups is 1. The molecule has 1 aromatic heterocycles. The molecule has 2 aliphatic rings. The fourth-order valence-corrected chi connectivity index (χ4v) is 5.52. The first-order valence-corrected chi connectivity index (χ1v) is 10.4. The van der Waals surface area contributed by atoms with Crippen LogP contribution in [0, 0.1) is 19.3 Å². The number of thiophene rings is 1. The number of rotatable bonds is 4. The smallest absolute Gasteiger partial charge is 0.196 e. The second-order valence-electron chi connectivity index (χ2n) is 8.04. The van der Waals surface area contributed by atoms with Crippen LogP contribution in [0.2, 0.25) is 0 Å². The molecule has 0 aliphatic heterocycles. The summed E-state index contributed by atoms with van der Waals surface area (Å²) in [6.45, 7) is 5.98. The Balaban J connectivity index is 1.62. The third kappa shape index (κ3) is 3.03. The SMILES string of the molecule is CCc1sc(C(=O)/C=C/c2cc(C)c(O)c(C)c2)c2c1CC1(CC2)CC1. The van der Waals surface area contributed by atoms with Crippen molar-refractivity contribution in [3.63, 3.8) is 0 Å². The quantitative estimate of drug-likeness (QED) is 0.548. The first-order valence-electron chi connectivity index (χ1n) is 9.58. The Morgan fingerprint density at radius 1 is 1.19 bits per heavy atom. The highest BCUT2D eigenvalue weighted by molar-refractivity contribution is 7.14. The van der Waals surface area contributed by atoms with Crippen molar-refractivity contribution in [3.8, 4) is 5.75 Å². The lowest BCUT2D eigenvalue weighted by Gasteiger charge is -2.23. The summed E-state index contributed by atoms with van der Waals surface area (Å²) in [7, 11) is 0. The van der Waals surface area contributed by atoms with Crippen LogP contribution in [0.15, 0.2) is 18.2 Å². The Bertz CT molecular complexity index is 890. The van der Waals surface area contributed by atoms with Crippen LogP contribution in [-0.2, 0) is 19.3 Å². The van der Waals surface area contributed by atoms with Gasteiger partial charge in [-0.3, -0.25) is 4.79 Å². The van der Waals surface area contributed by atoms with E-state index in [1.165, 1.54) is 41.7 Å². The number of phenolic OH excluding ortho intramolecular Hbond substituents is 1. The van der Waals surface area contributed by atoms with E-state index in [-0.39, 0.29) is 5.78 Å². The van der Waals surface area contributed by atoms with E-state index in [0.29, 0.717) is 11.2 Å².